The van der Waals surface area contributed by atoms with Crippen molar-refractivity contribution in [2.24, 2.45) is 5.92 Å². The highest BCUT2D eigenvalue weighted by molar-refractivity contribution is 5.45. The summed E-state index contributed by atoms with van der Waals surface area (Å²) in [5.74, 6) is 1.12. The maximum absolute atomic E-state index is 11.8. The van der Waals surface area contributed by atoms with E-state index in [0.29, 0.717) is 52.0 Å². The average molecular weight is 838 g/mol. The summed E-state index contributed by atoms with van der Waals surface area (Å²) in [4.78, 5) is 7.44. The van der Waals surface area contributed by atoms with Crippen LogP contribution < -0.4 is 0 Å². The first-order chi connectivity index (χ1) is 29.9. The molecule has 10 nitrogen and oxygen atoms in total. The molecule has 4 aliphatic heterocycles. The Balaban J connectivity index is 0.984. The second-order valence-electron chi connectivity index (χ2n) is 19.3. The number of ether oxygens (including phenoxy) is 4. The Hall–Kier alpha value is -2.74. The quantitative estimate of drug-likeness (QED) is 0.126. The Labute approximate surface area is 364 Å². The van der Waals surface area contributed by atoms with Crippen LogP contribution in [0.15, 0.2) is 72.8 Å². The van der Waals surface area contributed by atoms with E-state index in [-0.39, 0.29) is 36.0 Å². The van der Waals surface area contributed by atoms with Gasteiger partial charge in [-0.15, -0.1) is 0 Å². The summed E-state index contributed by atoms with van der Waals surface area (Å²) in [6, 6.07) is 26.9. The van der Waals surface area contributed by atoms with Crippen molar-refractivity contribution in [2.75, 3.05) is 78.9 Å². The summed E-state index contributed by atoms with van der Waals surface area (Å²) in [6.45, 7) is 8.68. The molecule has 9 rings (SSSR count). The minimum atomic E-state index is -0.626. The topological polar surface area (TPSA) is 107 Å². The molecule has 0 radical (unpaired) electrons. The molecule has 3 aromatic rings. The Morgan fingerprint density at radius 3 is 1.79 bits per heavy atom. The highest BCUT2D eigenvalue weighted by atomic mass is 16.5. The van der Waals surface area contributed by atoms with Crippen LogP contribution in [0.3, 0.4) is 0 Å². The van der Waals surface area contributed by atoms with Gasteiger partial charge in [-0.2, -0.15) is 0 Å². The molecule has 3 fully saturated rings. The number of benzene rings is 3. The number of aliphatic hydroxyl groups excluding tert-OH is 3. The third-order valence-electron chi connectivity index (χ3n) is 14.5. The highest BCUT2D eigenvalue weighted by Gasteiger charge is 2.45. The molecule has 61 heavy (non-hydrogen) atoms. The van der Waals surface area contributed by atoms with Crippen molar-refractivity contribution in [3.63, 3.8) is 0 Å². The van der Waals surface area contributed by atoms with E-state index in [1.807, 2.05) is 0 Å². The second-order valence-corrected chi connectivity index (χ2v) is 19.3. The van der Waals surface area contributed by atoms with Gasteiger partial charge in [0.05, 0.1) is 56.9 Å². The molecule has 0 bridgehead atoms. The monoisotopic (exact) mass is 838 g/mol. The molecular weight excluding hydrogens is 767 g/mol. The fourth-order valence-corrected chi connectivity index (χ4v) is 11.4. The average Bonchev–Trinajstić information content (AvgIpc) is 3.95. The Bertz CT molecular complexity index is 1830. The lowest BCUT2D eigenvalue weighted by atomic mass is 9.70. The Morgan fingerprint density at radius 2 is 1.11 bits per heavy atom. The van der Waals surface area contributed by atoms with Crippen molar-refractivity contribution in [3.8, 4) is 0 Å². The van der Waals surface area contributed by atoms with Crippen LogP contribution in [-0.2, 0) is 32.0 Å². The molecule has 0 amide bonds. The lowest BCUT2D eigenvalue weighted by molar-refractivity contribution is -0.0616. The molecule has 0 aromatic heterocycles. The lowest BCUT2D eigenvalue weighted by Crippen LogP contribution is -2.51. The molecule has 8 unspecified atom stereocenters. The van der Waals surface area contributed by atoms with E-state index in [0.717, 1.165) is 71.6 Å². The summed E-state index contributed by atoms with van der Waals surface area (Å²) in [5.41, 5.74) is 8.06. The molecule has 6 aliphatic rings. The molecule has 4 heterocycles. The standard InChI is InChI=1S/C51H71N3O7/c55-39(32-59-35-43-15-9-10-22-60-43)25-53-24-38-12-2-6-17-45(38)50(29-53)51-47-19-8-7-18-46(47)49(30-54(51)27-41(57)33-58-31-36-20-21-36)48-28-52(23-37-11-1-5-16-44(37)48)26-40(56)34-61-42-13-3-4-14-42/h1-2,5-8,11-12,16-19,36,39-43,48-51,55-57H,3-4,9-10,13-15,20-35H2. The van der Waals surface area contributed by atoms with Gasteiger partial charge in [-0.3, -0.25) is 14.7 Å². The van der Waals surface area contributed by atoms with Gasteiger partial charge in [0.25, 0.3) is 0 Å². The number of hydrogen-bond acceptors (Lipinski definition) is 10. The fraction of sp³-hybridized carbons (Fsp3) is 0.647. The van der Waals surface area contributed by atoms with Crippen LogP contribution in [0, 0.1) is 5.92 Å². The fourth-order valence-electron chi connectivity index (χ4n) is 11.4. The van der Waals surface area contributed by atoms with Gasteiger partial charge in [-0.1, -0.05) is 85.6 Å². The first kappa shape index (κ1) is 43.5. The minimum Gasteiger partial charge on any atom is -0.389 e. The number of fused-ring (bicyclic) bond motifs is 3. The van der Waals surface area contributed by atoms with Crippen LogP contribution in [0.5, 0.6) is 0 Å². The zero-order valence-electron chi connectivity index (χ0n) is 36.3. The van der Waals surface area contributed by atoms with Gasteiger partial charge in [-0.25, -0.2) is 0 Å². The first-order valence-electron chi connectivity index (χ1n) is 23.8. The number of rotatable bonds is 19. The van der Waals surface area contributed by atoms with E-state index in [4.69, 9.17) is 18.9 Å². The summed E-state index contributed by atoms with van der Waals surface area (Å²) in [7, 11) is 0. The van der Waals surface area contributed by atoms with Crippen LogP contribution in [0.2, 0.25) is 0 Å². The summed E-state index contributed by atoms with van der Waals surface area (Å²) in [5, 5.41) is 34.4. The van der Waals surface area contributed by atoms with E-state index in [1.54, 1.807) is 0 Å². The predicted molar refractivity (Wildman–Crippen MR) is 237 cm³/mol. The van der Waals surface area contributed by atoms with E-state index in [9.17, 15) is 15.3 Å². The van der Waals surface area contributed by atoms with Crippen molar-refractivity contribution in [1.82, 2.24) is 14.7 Å². The predicted octanol–water partition coefficient (Wildman–Crippen LogP) is 6.38. The van der Waals surface area contributed by atoms with E-state index in [2.05, 4.69) is 87.5 Å². The normalized spacial score (nSPS) is 27.9. The van der Waals surface area contributed by atoms with Crippen LogP contribution in [-0.4, -0.2) is 139 Å². The second kappa shape index (κ2) is 20.8. The van der Waals surface area contributed by atoms with Crippen LogP contribution >= 0.6 is 0 Å². The smallest absolute Gasteiger partial charge is 0.0900 e. The number of hydrogen-bond donors (Lipinski definition) is 3. The maximum atomic E-state index is 11.8. The van der Waals surface area contributed by atoms with Crippen LogP contribution in [0.4, 0.5) is 0 Å². The first-order valence-corrected chi connectivity index (χ1v) is 23.8. The minimum absolute atomic E-state index is 0.0100. The van der Waals surface area contributed by atoms with Crippen molar-refractivity contribution >= 4 is 0 Å². The van der Waals surface area contributed by atoms with Crippen molar-refractivity contribution in [3.05, 3.63) is 106 Å². The van der Waals surface area contributed by atoms with Gasteiger partial charge in [0, 0.05) is 89.4 Å². The van der Waals surface area contributed by atoms with Gasteiger partial charge in [0.1, 0.15) is 0 Å². The molecule has 332 valence electrons. The van der Waals surface area contributed by atoms with Gasteiger partial charge >= 0.3 is 0 Å². The van der Waals surface area contributed by atoms with Gasteiger partial charge in [0.2, 0.25) is 0 Å². The molecule has 3 N–H and O–H groups in total. The van der Waals surface area contributed by atoms with Gasteiger partial charge in [0.15, 0.2) is 0 Å². The van der Waals surface area contributed by atoms with Gasteiger partial charge < -0.3 is 34.3 Å². The van der Waals surface area contributed by atoms with Crippen molar-refractivity contribution < 1.29 is 34.3 Å². The largest absolute Gasteiger partial charge is 0.389 e. The summed E-state index contributed by atoms with van der Waals surface area (Å²) < 4.78 is 24.2. The molecular formula is C51H71N3O7. The zero-order chi connectivity index (χ0) is 41.5. The number of β-amino-alcohol motifs (C(OH)–C–C–N with tert-alkyl or cyclic N) is 3. The molecule has 10 heteroatoms. The van der Waals surface area contributed by atoms with Crippen LogP contribution in [0.1, 0.15) is 115 Å². The number of aliphatic hydroxyl groups is 3. The highest BCUT2D eigenvalue weighted by Crippen LogP contribution is 2.51. The molecule has 0 spiro atoms. The SMILES string of the molecule is OC(COC1CCCC1)CN1Cc2ccccc2C(C2CN(CC(O)COCC3CC3)C(C3CN(CC(O)COCC4CCCCO4)Cc4ccccc43)c3ccccc32)C1. The van der Waals surface area contributed by atoms with E-state index in [1.165, 1.54) is 65.5 Å². The summed E-state index contributed by atoms with van der Waals surface area (Å²) >= 11 is 0. The van der Waals surface area contributed by atoms with E-state index < -0.39 is 18.3 Å². The van der Waals surface area contributed by atoms with E-state index >= 15 is 0 Å². The third kappa shape index (κ3) is 11.1. The molecule has 2 saturated carbocycles. The van der Waals surface area contributed by atoms with Crippen molar-refractivity contribution in [2.45, 2.75) is 125 Å². The lowest BCUT2D eigenvalue weighted by Gasteiger charge is -2.50. The summed E-state index contributed by atoms with van der Waals surface area (Å²) in [6.07, 6.45) is 9.02. The zero-order valence-corrected chi connectivity index (χ0v) is 36.3. The molecule has 1 saturated heterocycles. The molecule has 8 atom stereocenters. The Kier molecular flexibility index (Phi) is 14.9. The third-order valence-corrected chi connectivity index (χ3v) is 14.5. The number of nitrogens with zero attached hydrogens (tertiary/aromatic N) is 3. The Morgan fingerprint density at radius 1 is 0.557 bits per heavy atom. The van der Waals surface area contributed by atoms with Crippen LogP contribution in [0.25, 0.3) is 0 Å². The molecule has 3 aromatic carbocycles. The maximum Gasteiger partial charge on any atom is 0.0900 e. The van der Waals surface area contributed by atoms with Crippen molar-refractivity contribution in [1.29, 1.82) is 0 Å². The van der Waals surface area contributed by atoms with Gasteiger partial charge in [-0.05, 0) is 84.2 Å². The molecule has 2 aliphatic carbocycles.